The average Bonchev–Trinajstić information content (AvgIpc) is 3.22. The number of β-amino-alcohol motifs (C(OH)–C–C–N with tert-alkyl or cyclic N) is 1. The number of hydrogen-bond acceptors (Lipinski definition) is 5. The summed E-state index contributed by atoms with van der Waals surface area (Å²) in [5.41, 5.74) is 3.24. The summed E-state index contributed by atoms with van der Waals surface area (Å²) in [6.07, 6.45) is 3.05. The lowest BCUT2D eigenvalue weighted by atomic mass is 10.1. The molecule has 1 aliphatic rings. The first kappa shape index (κ1) is 20.2. The van der Waals surface area contributed by atoms with Gasteiger partial charge in [0.1, 0.15) is 5.75 Å². The van der Waals surface area contributed by atoms with E-state index in [4.69, 9.17) is 4.74 Å². The zero-order valence-electron chi connectivity index (χ0n) is 17.2. The number of pyridine rings is 1. The Balaban J connectivity index is 1.32. The minimum Gasteiger partial charge on any atom is -0.484 e. The van der Waals surface area contributed by atoms with Gasteiger partial charge in [0, 0.05) is 44.0 Å². The molecule has 1 aliphatic heterocycles. The predicted molar refractivity (Wildman–Crippen MR) is 118 cm³/mol. The first-order valence-electron chi connectivity index (χ1n) is 10.3. The molecule has 0 saturated carbocycles. The summed E-state index contributed by atoms with van der Waals surface area (Å²) in [4.78, 5) is 20.7. The van der Waals surface area contributed by atoms with Crippen LogP contribution in [-0.4, -0.2) is 60.3 Å². The van der Waals surface area contributed by atoms with Crippen molar-refractivity contribution in [3.8, 4) is 5.75 Å². The number of carbonyl (C=O) groups excluding carboxylic acids is 1. The Bertz CT molecular complexity index is 1020. The molecule has 1 atom stereocenters. The van der Waals surface area contributed by atoms with Crippen molar-refractivity contribution in [3.05, 3.63) is 66.4 Å². The maximum atomic E-state index is 12.5. The number of ether oxygens (including phenoxy) is 1. The van der Waals surface area contributed by atoms with E-state index in [0.29, 0.717) is 18.8 Å². The molecule has 1 N–H and O–H groups in total. The number of rotatable bonds is 7. The molecule has 1 saturated heterocycles. The summed E-state index contributed by atoms with van der Waals surface area (Å²) >= 11 is 0. The fourth-order valence-corrected chi connectivity index (χ4v) is 3.80. The number of benzene rings is 2. The van der Waals surface area contributed by atoms with Gasteiger partial charge in [-0.15, -0.1) is 0 Å². The minimum atomic E-state index is -0.259. The second-order valence-corrected chi connectivity index (χ2v) is 7.73. The minimum absolute atomic E-state index is 0.00222. The zero-order chi connectivity index (χ0) is 20.9. The van der Waals surface area contributed by atoms with E-state index < -0.39 is 0 Å². The van der Waals surface area contributed by atoms with Crippen molar-refractivity contribution in [1.29, 1.82) is 0 Å². The molecule has 156 valence electrons. The van der Waals surface area contributed by atoms with E-state index in [1.807, 2.05) is 42.5 Å². The molecule has 1 aromatic heterocycles. The number of aliphatic hydroxyl groups is 1. The number of likely N-dealkylation sites (N-methyl/N-ethyl adjacent to an activating group) is 1. The fraction of sp³-hybridized carbons (Fsp3) is 0.333. The highest BCUT2D eigenvalue weighted by molar-refractivity contribution is 5.80. The molecule has 3 aromatic rings. The van der Waals surface area contributed by atoms with Crippen LogP contribution in [0.4, 0.5) is 5.69 Å². The molecular weight excluding hydrogens is 378 g/mol. The summed E-state index contributed by atoms with van der Waals surface area (Å²) in [7, 11) is 1.80. The van der Waals surface area contributed by atoms with Gasteiger partial charge in [0.15, 0.2) is 6.61 Å². The van der Waals surface area contributed by atoms with Gasteiger partial charge < -0.3 is 19.6 Å². The molecule has 2 aromatic carbocycles. The summed E-state index contributed by atoms with van der Waals surface area (Å²) in [5, 5.41) is 10.8. The van der Waals surface area contributed by atoms with Gasteiger partial charge >= 0.3 is 0 Å². The van der Waals surface area contributed by atoms with Crippen LogP contribution in [0.25, 0.3) is 10.9 Å². The lowest BCUT2D eigenvalue weighted by Crippen LogP contribution is -2.33. The normalized spacial score (nSPS) is 16.1. The van der Waals surface area contributed by atoms with Crippen LogP contribution in [0, 0.1) is 0 Å². The molecule has 1 amide bonds. The Labute approximate surface area is 176 Å². The van der Waals surface area contributed by atoms with E-state index in [1.54, 1.807) is 18.1 Å². The van der Waals surface area contributed by atoms with Crippen LogP contribution in [-0.2, 0) is 11.2 Å². The van der Waals surface area contributed by atoms with Gasteiger partial charge in [-0.1, -0.05) is 24.3 Å². The van der Waals surface area contributed by atoms with Gasteiger partial charge in [-0.2, -0.15) is 0 Å². The highest BCUT2D eigenvalue weighted by Crippen LogP contribution is 2.25. The number of aromatic nitrogens is 1. The summed E-state index contributed by atoms with van der Waals surface area (Å²) < 4.78 is 5.71. The van der Waals surface area contributed by atoms with E-state index in [1.165, 1.54) is 5.56 Å². The summed E-state index contributed by atoms with van der Waals surface area (Å²) in [5.74, 6) is 0.602. The van der Waals surface area contributed by atoms with Gasteiger partial charge in [0.05, 0.1) is 11.6 Å². The molecule has 0 unspecified atom stereocenters. The number of fused-ring (bicyclic) bond motifs is 1. The summed E-state index contributed by atoms with van der Waals surface area (Å²) in [6.45, 7) is 2.14. The van der Waals surface area contributed by atoms with Gasteiger partial charge in [0.2, 0.25) is 0 Å². The van der Waals surface area contributed by atoms with Crippen molar-refractivity contribution < 1.29 is 14.6 Å². The smallest absolute Gasteiger partial charge is 0.260 e. The van der Waals surface area contributed by atoms with Gasteiger partial charge in [-0.05, 0) is 48.7 Å². The maximum absolute atomic E-state index is 12.5. The standard InChI is InChI=1S/C24H27N3O3/c1-26(13-10-18-5-2-3-7-23(18)27-14-11-20(28)16-27)24(29)17-30-21-8-9-22-19(15-21)6-4-12-25-22/h2-9,12,15,20,28H,10-11,13-14,16-17H2,1H3/t20-/m0/s1. The number of hydrogen-bond donors (Lipinski definition) is 1. The van der Waals surface area contributed by atoms with Crippen LogP contribution >= 0.6 is 0 Å². The van der Waals surface area contributed by atoms with Crippen molar-refractivity contribution >= 4 is 22.5 Å². The molecule has 0 bridgehead atoms. The summed E-state index contributed by atoms with van der Waals surface area (Å²) in [6, 6.07) is 17.7. The maximum Gasteiger partial charge on any atom is 0.260 e. The number of anilines is 1. The van der Waals surface area contributed by atoms with E-state index in [-0.39, 0.29) is 18.6 Å². The molecule has 0 aliphatic carbocycles. The lowest BCUT2D eigenvalue weighted by Gasteiger charge is -2.23. The van der Waals surface area contributed by atoms with Crippen LogP contribution in [0.15, 0.2) is 60.8 Å². The van der Waals surface area contributed by atoms with Crippen LogP contribution in [0.5, 0.6) is 5.75 Å². The molecule has 6 heteroatoms. The number of aliphatic hydroxyl groups excluding tert-OH is 1. The highest BCUT2D eigenvalue weighted by Gasteiger charge is 2.22. The SMILES string of the molecule is CN(CCc1ccccc1N1CC[C@H](O)C1)C(=O)COc1ccc2ncccc2c1. The number of para-hydroxylation sites is 1. The first-order chi connectivity index (χ1) is 14.6. The van der Waals surface area contributed by atoms with Gasteiger partial charge in [-0.3, -0.25) is 9.78 Å². The van der Waals surface area contributed by atoms with Crippen LogP contribution in [0.3, 0.4) is 0 Å². The third-order valence-corrected chi connectivity index (χ3v) is 5.57. The van der Waals surface area contributed by atoms with Crippen molar-refractivity contribution in [2.45, 2.75) is 18.9 Å². The van der Waals surface area contributed by atoms with Crippen molar-refractivity contribution in [3.63, 3.8) is 0 Å². The third-order valence-electron chi connectivity index (χ3n) is 5.57. The van der Waals surface area contributed by atoms with E-state index in [2.05, 4.69) is 22.0 Å². The van der Waals surface area contributed by atoms with E-state index >= 15 is 0 Å². The number of amides is 1. The predicted octanol–water partition coefficient (Wildman–Crippen LogP) is 2.89. The molecule has 1 fully saturated rings. The van der Waals surface area contributed by atoms with Crippen LogP contribution < -0.4 is 9.64 Å². The van der Waals surface area contributed by atoms with E-state index in [0.717, 1.165) is 36.0 Å². The number of carbonyl (C=O) groups is 1. The molecule has 6 nitrogen and oxygen atoms in total. The largest absolute Gasteiger partial charge is 0.484 e. The number of nitrogens with zero attached hydrogens (tertiary/aromatic N) is 3. The Morgan fingerprint density at radius 1 is 1.23 bits per heavy atom. The fourth-order valence-electron chi connectivity index (χ4n) is 3.80. The molecule has 0 radical (unpaired) electrons. The first-order valence-corrected chi connectivity index (χ1v) is 10.3. The van der Waals surface area contributed by atoms with Crippen molar-refractivity contribution in [2.75, 3.05) is 38.2 Å². The molecule has 0 spiro atoms. The second-order valence-electron chi connectivity index (χ2n) is 7.73. The highest BCUT2D eigenvalue weighted by atomic mass is 16.5. The molecule has 2 heterocycles. The van der Waals surface area contributed by atoms with Crippen LogP contribution in [0.2, 0.25) is 0 Å². The molecule has 30 heavy (non-hydrogen) atoms. The lowest BCUT2D eigenvalue weighted by molar-refractivity contribution is -0.132. The molecule has 4 rings (SSSR count). The van der Waals surface area contributed by atoms with Gasteiger partial charge in [0.25, 0.3) is 5.91 Å². The Morgan fingerprint density at radius 2 is 2.10 bits per heavy atom. The Kier molecular flexibility index (Phi) is 6.14. The van der Waals surface area contributed by atoms with Crippen molar-refractivity contribution in [2.24, 2.45) is 0 Å². The Hall–Kier alpha value is -3.12. The quantitative estimate of drug-likeness (QED) is 0.655. The topological polar surface area (TPSA) is 65.9 Å². The second kappa shape index (κ2) is 9.13. The molecular formula is C24H27N3O3. The zero-order valence-corrected chi connectivity index (χ0v) is 17.2. The monoisotopic (exact) mass is 405 g/mol. The van der Waals surface area contributed by atoms with Crippen LogP contribution in [0.1, 0.15) is 12.0 Å². The third kappa shape index (κ3) is 4.71. The average molecular weight is 405 g/mol. The van der Waals surface area contributed by atoms with E-state index in [9.17, 15) is 9.90 Å². The van der Waals surface area contributed by atoms with Crippen molar-refractivity contribution in [1.82, 2.24) is 9.88 Å². The Morgan fingerprint density at radius 3 is 2.93 bits per heavy atom. The van der Waals surface area contributed by atoms with Gasteiger partial charge in [-0.25, -0.2) is 0 Å².